The summed E-state index contributed by atoms with van der Waals surface area (Å²) in [7, 11) is 0. The molecule has 0 radical (unpaired) electrons. The molecule has 0 spiro atoms. The molecule has 2 nitrogen and oxygen atoms in total. The molecule has 0 saturated heterocycles. The monoisotopic (exact) mass is 458 g/mol. The SMILES string of the molecule is C=C(C)[C@H](O)CC[C@@H](C)[C@H]1CC[C@@]2(C)[C@@H]3CC[C@H]4C(C)(C)[C@@H](O)CC[C@]4(C)[C@]3(C)CC[C@]12C. The Bertz CT molecular complexity index is 771. The molecular formula is C31H54O2. The van der Waals surface area contributed by atoms with Crippen molar-refractivity contribution in [3.05, 3.63) is 12.2 Å². The van der Waals surface area contributed by atoms with Gasteiger partial charge in [0, 0.05) is 0 Å². The standard InChI is InChI=1S/C31H54O2/c1-20(2)23(32)11-10-21(3)22-14-16-30(8)25-13-12-24-27(4,5)26(33)15-17-29(24,7)31(25,9)19-18-28(22,30)6/h21-26,32-33H,1,10-19H2,2-9H3/t21-,22-,23-,24+,25+,26+,28-,29+,30+,31-/m1/s1. The molecule has 4 saturated carbocycles. The molecule has 4 aliphatic carbocycles. The number of aliphatic hydroxyl groups is 2. The molecule has 4 aliphatic rings. The molecular weight excluding hydrogens is 404 g/mol. The molecule has 2 heteroatoms. The maximum absolute atomic E-state index is 10.9. The summed E-state index contributed by atoms with van der Waals surface area (Å²) in [6.45, 7) is 23.7. The van der Waals surface area contributed by atoms with Gasteiger partial charge in [-0.15, -0.1) is 0 Å². The minimum absolute atomic E-state index is 0.0273. The van der Waals surface area contributed by atoms with Crippen molar-refractivity contribution in [3.8, 4) is 0 Å². The molecule has 10 atom stereocenters. The van der Waals surface area contributed by atoms with Crippen LogP contribution < -0.4 is 0 Å². The van der Waals surface area contributed by atoms with Crippen LogP contribution in [0.2, 0.25) is 0 Å². The first-order valence-corrected chi connectivity index (χ1v) is 14.2. The number of fused-ring (bicyclic) bond motifs is 5. The molecule has 33 heavy (non-hydrogen) atoms. The third-order valence-electron chi connectivity index (χ3n) is 13.5. The highest BCUT2D eigenvalue weighted by molar-refractivity contribution is 5.20. The summed E-state index contributed by atoms with van der Waals surface area (Å²) in [4.78, 5) is 0. The third-order valence-corrected chi connectivity index (χ3v) is 13.5. The molecule has 0 aromatic carbocycles. The largest absolute Gasteiger partial charge is 0.393 e. The molecule has 0 unspecified atom stereocenters. The first-order chi connectivity index (χ1) is 15.1. The van der Waals surface area contributed by atoms with Crippen molar-refractivity contribution in [1.29, 1.82) is 0 Å². The van der Waals surface area contributed by atoms with Gasteiger partial charge in [-0.3, -0.25) is 0 Å². The van der Waals surface area contributed by atoms with E-state index in [1.54, 1.807) is 0 Å². The van der Waals surface area contributed by atoms with Crippen LogP contribution in [0, 0.1) is 50.7 Å². The van der Waals surface area contributed by atoms with Gasteiger partial charge >= 0.3 is 0 Å². The smallest absolute Gasteiger partial charge is 0.0744 e. The van der Waals surface area contributed by atoms with Crippen molar-refractivity contribution in [2.75, 3.05) is 0 Å². The summed E-state index contributed by atoms with van der Waals surface area (Å²) >= 11 is 0. The van der Waals surface area contributed by atoms with E-state index in [2.05, 4.69) is 55.0 Å². The Labute approximate surface area is 205 Å². The van der Waals surface area contributed by atoms with E-state index in [1.807, 2.05) is 6.92 Å². The average molecular weight is 459 g/mol. The van der Waals surface area contributed by atoms with E-state index >= 15 is 0 Å². The van der Waals surface area contributed by atoms with Gasteiger partial charge in [0.1, 0.15) is 0 Å². The maximum Gasteiger partial charge on any atom is 0.0744 e. The Morgan fingerprint density at radius 1 is 0.788 bits per heavy atom. The molecule has 0 aliphatic heterocycles. The van der Waals surface area contributed by atoms with Crippen molar-refractivity contribution < 1.29 is 10.2 Å². The molecule has 0 aromatic heterocycles. The lowest BCUT2D eigenvalue weighted by Crippen LogP contribution is -2.66. The second-order valence-corrected chi connectivity index (χ2v) is 14.8. The van der Waals surface area contributed by atoms with E-state index in [-0.39, 0.29) is 17.6 Å². The Morgan fingerprint density at radius 3 is 1.94 bits per heavy atom. The topological polar surface area (TPSA) is 40.5 Å². The maximum atomic E-state index is 10.9. The van der Waals surface area contributed by atoms with Gasteiger partial charge in [-0.05, 0) is 122 Å². The summed E-state index contributed by atoms with van der Waals surface area (Å²) in [5, 5.41) is 21.2. The van der Waals surface area contributed by atoms with E-state index in [0.717, 1.165) is 36.7 Å². The highest BCUT2D eigenvalue weighted by Gasteiger charge is 2.71. The molecule has 0 bridgehead atoms. The van der Waals surface area contributed by atoms with Crippen LogP contribution in [0.25, 0.3) is 0 Å². The van der Waals surface area contributed by atoms with E-state index in [4.69, 9.17) is 0 Å². The zero-order valence-corrected chi connectivity index (χ0v) is 23.1. The van der Waals surface area contributed by atoms with Crippen molar-refractivity contribution in [2.24, 2.45) is 50.7 Å². The highest BCUT2D eigenvalue weighted by Crippen LogP contribution is 2.78. The van der Waals surface area contributed by atoms with Crippen LogP contribution in [0.5, 0.6) is 0 Å². The first kappa shape index (κ1) is 25.7. The molecule has 0 amide bonds. The number of aliphatic hydroxyl groups excluding tert-OH is 2. The van der Waals surface area contributed by atoms with Crippen molar-refractivity contribution in [1.82, 2.24) is 0 Å². The molecule has 0 heterocycles. The molecule has 4 rings (SSSR count). The van der Waals surface area contributed by atoms with Crippen LogP contribution in [0.3, 0.4) is 0 Å². The third kappa shape index (κ3) is 3.39. The fourth-order valence-electron chi connectivity index (χ4n) is 10.8. The quantitative estimate of drug-likeness (QED) is 0.413. The second-order valence-electron chi connectivity index (χ2n) is 14.8. The molecule has 190 valence electrons. The van der Waals surface area contributed by atoms with Gasteiger partial charge in [-0.25, -0.2) is 0 Å². The van der Waals surface area contributed by atoms with Gasteiger partial charge in [-0.1, -0.05) is 60.6 Å². The average Bonchev–Trinajstić information content (AvgIpc) is 3.01. The van der Waals surface area contributed by atoms with Gasteiger partial charge in [0.2, 0.25) is 0 Å². The summed E-state index contributed by atoms with van der Waals surface area (Å²) in [6.07, 6.45) is 11.7. The lowest BCUT2D eigenvalue weighted by molar-refractivity contribution is -0.244. The zero-order chi connectivity index (χ0) is 24.6. The highest BCUT2D eigenvalue weighted by atomic mass is 16.3. The lowest BCUT2D eigenvalue weighted by Gasteiger charge is -2.72. The summed E-state index contributed by atoms with van der Waals surface area (Å²) in [5.74, 6) is 2.84. The zero-order valence-electron chi connectivity index (χ0n) is 23.1. The van der Waals surface area contributed by atoms with Gasteiger partial charge in [0.15, 0.2) is 0 Å². The van der Waals surface area contributed by atoms with Crippen molar-refractivity contribution in [2.45, 2.75) is 132 Å². The predicted octanol–water partition coefficient (Wildman–Crippen LogP) is 7.78. The number of hydrogen-bond acceptors (Lipinski definition) is 2. The predicted molar refractivity (Wildman–Crippen MR) is 139 cm³/mol. The Morgan fingerprint density at radius 2 is 1.30 bits per heavy atom. The van der Waals surface area contributed by atoms with Crippen molar-refractivity contribution in [3.63, 3.8) is 0 Å². The normalized spacial score (nSPS) is 50.6. The Hall–Kier alpha value is -0.340. The van der Waals surface area contributed by atoms with Crippen LogP contribution in [0.4, 0.5) is 0 Å². The van der Waals surface area contributed by atoms with Gasteiger partial charge in [0.25, 0.3) is 0 Å². The minimum Gasteiger partial charge on any atom is -0.393 e. The molecule has 4 fully saturated rings. The lowest BCUT2D eigenvalue weighted by atomic mass is 9.33. The fourth-order valence-corrected chi connectivity index (χ4v) is 10.8. The Balaban J connectivity index is 1.61. The molecule has 0 aromatic rings. The minimum atomic E-state index is -0.345. The number of rotatable bonds is 5. The van der Waals surface area contributed by atoms with Gasteiger partial charge in [-0.2, -0.15) is 0 Å². The van der Waals surface area contributed by atoms with Crippen LogP contribution in [0.15, 0.2) is 12.2 Å². The van der Waals surface area contributed by atoms with Gasteiger partial charge < -0.3 is 10.2 Å². The van der Waals surface area contributed by atoms with Crippen LogP contribution in [-0.4, -0.2) is 22.4 Å². The van der Waals surface area contributed by atoms with Gasteiger partial charge in [0.05, 0.1) is 12.2 Å². The van der Waals surface area contributed by atoms with E-state index in [1.165, 1.54) is 44.9 Å². The van der Waals surface area contributed by atoms with E-state index in [9.17, 15) is 10.2 Å². The first-order valence-electron chi connectivity index (χ1n) is 14.2. The Kier molecular flexibility index (Phi) is 6.31. The molecule has 2 N–H and O–H groups in total. The summed E-state index contributed by atoms with van der Waals surface area (Å²) < 4.78 is 0. The van der Waals surface area contributed by atoms with Crippen molar-refractivity contribution >= 4 is 0 Å². The van der Waals surface area contributed by atoms with E-state index in [0.29, 0.717) is 33.5 Å². The van der Waals surface area contributed by atoms with Crippen LogP contribution in [-0.2, 0) is 0 Å². The van der Waals surface area contributed by atoms with Crippen LogP contribution in [0.1, 0.15) is 120 Å². The summed E-state index contributed by atoms with van der Waals surface area (Å²) in [5.41, 5.74) is 2.44. The fraction of sp³-hybridized carbons (Fsp3) is 0.935. The summed E-state index contributed by atoms with van der Waals surface area (Å²) in [6, 6.07) is 0. The van der Waals surface area contributed by atoms with Crippen LogP contribution >= 0.6 is 0 Å². The van der Waals surface area contributed by atoms with E-state index < -0.39 is 0 Å². The number of hydrogen-bond donors (Lipinski definition) is 2. The second kappa shape index (κ2) is 8.09.